The van der Waals surface area contributed by atoms with E-state index in [1.165, 1.54) is 19.2 Å². The molecule has 0 fully saturated rings. The first kappa shape index (κ1) is 20.9. The Kier molecular flexibility index (Phi) is 7.33. The topological polar surface area (TPSA) is 76.7 Å². The molecule has 2 aromatic rings. The van der Waals surface area contributed by atoms with Gasteiger partial charge in [0.15, 0.2) is 5.75 Å². The molecule has 0 bridgehead atoms. The third kappa shape index (κ3) is 6.05. The minimum atomic E-state index is -0.555. The normalized spacial score (nSPS) is 10.4. The van der Waals surface area contributed by atoms with Crippen LogP contribution < -0.4 is 15.4 Å². The van der Waals surface area contributed by atoms with E-state index in [-0.39, 0.29) is 21.5 Å². The van der Waals surface area contributed by atoms with E-state index in [4.69, 9.17) is 32.7 Å². The molecule has 0 saturated carbocycles. The highest BCUT2D eigenvalue weighted by atomic mass is 35.5. The zero-order chi connectivity index (χ0) is 20.0. The van der Waals surface area contributed by atoms with Gasteiger partial charge in [-0.3, -0.25) is 10.1 Å². The van der Waals surface area contributed by atoms with Gasteiger partial charge in [0.2, 0.25) is 0 Å². The van der Waals surface area contributed by atoms with Gasteiger partial charge >= 0.3 is 6.09 Å². The lowest BCUT2D eigenvalue weighted by molar-refractivity contribution is 0.102. The van der Waals surface area contributed by atoms with Crippen molar-refractivity contribution in [2.75, 3.05) is 24.4 Å². The van der Waals surface area contributed by atoms with Crippen LogP contribution in [0, 0.1) is 5.92 Å². The van der Waals surface area contributed by atoms with Crippen LogP contribution >= 0.6 is 23.2 Å². The summed E-state index contributed by atoms with van der Waals surface area (Å²) in [5, 5.41) is 5.81. The SMILES string of the molecule is COc1c(Cl)cc(C(=O)Nc2cccc(NC(=O)OCC(C)C)c2)cc1Cl. The Hall–Kier alpha value is -2.44. The average Bonchev–Trinajstić information content (AvgIpc) is 2.60. The highest BCUT2D eigenvalue weighted by Gasteiger charge is 2.14. The molecule has 2 amide bonds. The van der Waals surface area contributed by atoms with E-state index in [0.717, 1.165) is 0 Å². The number of amides is 2. The number of hydrogen-bond donors (Lipinski definition) is 2. The lowest BCUT2D eigenvalue weighted by atomic mass is 10.2. The number of benzene rings is 2. The summed E-state index contributed by atoms with van der Waals surface area (Å²) in [6.45, 7) is 4.21. The Morgan fingerprint density at radius 3 is 2.19 bits per heavy atom. The molecule has 0 aliphatic heterocycles. The average molecular weight is 411 g/mol. The van der Waals surface area contributed by atoms with Crippen LogP contribution in [-0.2, 0) is 4.74 Å². The molecule has 0 spiro atoms. The second-order valence-electron chi connectivity index (χ2n) is 6.13. The quantitative estimate of drug-likeness (QED) is 0.662. The summed E-state index contributed by atoms with van der Waals surface area (Å²) in [6, 6.07) is 9.62. The van der Waals surface area contributed by atoms with E-state index >= 15 is 0 Å². The third-order valence-electron chi connectivity index (χ3n) is 3.38. The van der Waals surface area contributed by atoms with Gasteiger partial charge in [-0.15, -0.1) is 0 Å². The maximum atomic E-state index is 12.4. The first-order chi connectivity index (χ1) is 12.8. The van der Waals surface area contributed by atoms with E-state index in [2.05, 4.69) is 10.6 Å². The van der Waals surface area contributed by atoms with Crippen LogP contribution in [0.15, 0.2) is 36.4 Å². The van der Waals surface area contributed by atoms with Gasteiger partial charge in [0.1, 0.15) is 0 Å². The van der Waals surface area contributed by atoms with Crippen LogP contribution in [0.2, 0.25) is 10.0 Å². The highest BCUT2D eigenvalue weighted by Crippen LogP contribution is 2.34. The third-order valence-corrected chi connectivity index (χ3v) is 3.94. The summed E-state index contributed by atoms with van der Waals surface area (Å²) in [5.41, 5.74) is 1.26. The Bertz CT molecular complexity index is 817. The molecule has 0 radical (unpaired) electrons. The Balaban J connectivity index is 2.07. The van der Waals surface area contributed by atoms with Crippen LogP contribution in [0.1, 0.15) is 24.2 Å². The zero-order valence-electron chi connectivity index (χ0n) is 15.1. The summed E-state index contributed by atoms with van der Waals surface area (Å²) in [4.78, 5) is 24.2. The van der Waals surface area contributed by atoms with Crippen molar-refractivity contribution in [1.82, 2.24) is 0 Å². The van der Waals surface area contributed by atoms with Crippen molar-refractivity contribution < 1.29 is 19.1 Å². The van der Waals surface area contributed by atoms with Crippen molar-refractivity contribution in [1.29, 1.82) is 0 Å². The van der Waals surface area contributed by atoms with Gasteiger partial charge in [0.25, 0.3) is 5.91 Å². The van der Waals surface area contributed by atoms with Crippen LogP contribution in [0.5, 0.6) is 5.75 Å². The van der Waals surface area contributed by atoms with Crippen LogP contribution in [0.3, 0.4) is 0 Å². The monoisotopic (exact) mass is 410 g/mol. The van der Waals surface area contributed by atoms with E-state index in [1.807, 2.05) is 13.8 Å². The number of carbonyl (C=O) groups is 2. The van der Waals surface area contributed by atoms with Crippen LogP contribution in [0.25, 0.3) is 0 Å². The largest absolute Gasteiger partial charge is 0.494 e. The van der Waals surface area contributed by atoms with Gasteiger partial charge < -0.3 is 14.8 Å². The van der Waals surface area contributed by atoms with E-state index in [9.17, 15) is 9.59 Å². The zero-order valence-corrected chi connectivity index (χ0v) is 16.6. The number of rotatable bonds is 6. The van der Waals surface area contributed by atoms with Crippen LogP contribution in [0.4, 0.5) is 16.2 Å². The standard InChI is InChI=1S/C19H20Cl2N2O4/c1-11(2)10-27-19(25)23-14-6-4-5-13(9-14)22-18(24)12-7-15(20)17(26-3)16(21)8-12/h4-9,11H,10H2,1-3H3,(H,22,24)(H,23,25). The summed E-state index contributed by atoms with van der Waals surface area (Å²) in [7, 11) is 1.44. The van der Waals surface area contributed by atoms with Crippen molar-refractivity contribution in [3.63, 3.8) is 0 Å². The molecule has 6 nitrogen and oxygen atoms in total. The molecule has 27 heavy (non-hydrogen) atoms. The summed E-state index contributed by atoms with van der Waals surface area (Å²) in [5.74, 6) is 0.145. The molecule has 144 valence electrons. The predicted molar refractivity (Wildman–Crippen MR) is 107 cm³/mol. The first-order valence-corrected chi connectivity index (χ1v) is 8.94. The van der Waals surface area contributed by atoms with Gasteiger partial charge in [-0.2, -0.15) is 0 Å². The second kappa shape index (κ2) is 9.48. The van der Waals surface area contributed by atoms with E-state index in [0.29, 0.717) is 23.7 Å². The molecular weight excluding hydrogens is 391 g/mol. The fourth-order valence-corrected chi connectivity index (χ4v) is 2.80. The fraction of sp³-hybridized carbons (Fsp3) is 0.263. The van der Waals surface area contributed by atoms with Crippen molar-refractivity contribution in [3.8, 4) is 5.75 Å². The number of ether oxygens (including phenoxy) is 2. The van der Waals surface area contributed by atoms with Crippen molar-refractivity contribution in [3.05, 3.63) is 52.0 Å². The van der Waals surface area contributed by atoms with Gasteiger partial charge in [-0.05, 0) is 36.2 Å². The van der Waals surface area contributed by atoms with Crippen molar-refractivity contribution >= 4 is 46.6 Å². The number of anilines is 2. The Morgan fingerprint density at radius 1 is 1.04 bits per heavy atom. The molecule has 0 aliphatic rings. The molecule has 0 aliphatic carbocycles. The molecule has 2 aromatic carbocycles. The molecule has 0 saturated heterocycles. The Morgan fingerprint density at radius 2 is 1.63 bits per heavy atom. The summed E-state index contributed by atoms with van der Waals surface area (Å²) in [6.07, 6.45) is -0.555. The van der Waals surface area contributed by atoms with E-state index < -0.39 is 12.0 Å². The van der Waals surface area contributed by atoms with Crippen LogP contribution in [-0.4, -0.2) is 25.7 Å². The van der Waals surface area contributed by atoms with Crippen molar-refractivity contribution in [2.24, 2.45) is 5.92 Å². The number of halogens is 2. The first-order valence-electron chi connectivity index (χ1n) is 8.18. The Labute approximate surface area is 167 Å². The molecular formula is C19H20Cl2N2O4. The molecule has 0 unspecified atom stereocenters. The smallest absolute Gasteiger partial charge is 0.411 e. The molecule has 0 atom stereocenters. The van der Waals surface area contributed by atoms with Gasteiger partial charge in [-0.25, -0.2) is 4.79 Å². The van der Waals surface area contributed by atoms with Gasteiger partial charge in [0, 0.05) is 16.9 Å². The molecule has 8 heteroatoms. The van der Waals surface area contributed by atoms with Gasteiger partial charge in [0.05, 0.1) is 23.8 Å². The van der Waals surface area contributed by atoms with Crippen molar-refractivity contribution in [2.45, 2.75) is 13.8 Å². The molecule has 0 aromatic heterocycles. The summed E-state index contributed by atoms with van der Waals surface area (Å²) >= 11 is 12.1. The number of carbonyl (C=O) groups excluding carboxylic acids is 2. The number of methoxy groups -OCH3 is 1. The number of hydrogen-bond acceptors (Lipinski definition) is 4. The minimum absolute atomic E-state index is 0.235. The molecule has 0 heterocycles. The second-order valence-corrected chi connectivity index (χ2v) is 6.94. The van der Waals surface area contributed by atoms with E-state index in [1.54, 1.807) is 24.3 Å². The maximum absolute atomic E-state index is 12.4. The highest BCUT2D eigenvalue weighted by molar-refractivity contribution is 6.37. The fourth-order valence-electron chi connectivity index (χ4n) is 2.16. The lowest BCUT2D eigenvalue weighted by Gasteiger charge is -2.11. The predicted octanol–water partition coefficient (Wildman–Crippen LogP) is 5.46. The van der Waals surface area contributed by atoms with Gasteiger partial charge in [-0.1, -0.05) is 43.1 Å². The maximum Gasteiger partial charge on any atom is 0.411 e. The molecule has 2 N–H and O–H groups in total. The summed E-state index contributed by atoms with van der Waals surface area (Å²) < 4.78 is 10.1. The minimum Gasteiger partial charge on any atom is -0.494 e. The lowest BCUT2D eigenvalue weighted by Crippen LogP contribution is -2.17. The molecule has 2 rings (SSSR count). The number of nitrogens with one attached hydrogen (secondary N) is 2.